The van der Waals surface area contributed by atoms with Crippen LogP contribution in [0.5, 0.6) is 0 Å². The number of hydrogen-bond acceptors (Lipinski definition) is 3. The summed E-state index contributed by atoms with van der Waals surface area (Å²) in [6.45, 7) is 5.60. The van der Waals surface area contributed by atoms with Crippen molar-refractivity contribution in [3.8, 4) is 0 Å². The zero-order valence-electron chi connectivity index (χ0n) is 8.97. The van der Waals surface area contributed by atoms with Crippen molar-refractivity contribution < 1.29 is 14.8 Å². The zero-order valence-corrected chi connectivity index (χ0v) is 8.97. The molecule has 1 amide bonds. The number of amides is 1. The van der Waals surface area contributed by atoms with Crippen LogP contribution in [0.1, 0.15) is 33.6 Å². The highest BCUT2D eigenvalue weighted by Gasteiger charge is 2.41. The molecule has 0 bridgehead atoms. The van der Waals surface area contributed by atoms with Gasteiger partial charge in [0.2, 0.25) is 5.91 Å². The largest absolute Gasteiger partial charge is 0.475 e. The lowest BCUT2D eigenvalue weighted by molar-refractivity contribution is -0.136. The summed E-state index contributed by atoms with van der Waals surface area (Å²) in [7, 11) is -1.41. The highest BCUT2D eigenvalue weighted by atomic mass is 16.4. The topological polar surface area (TPSA) is 60.8 Å². The normalized spacial score (nSPS) is 27.1. The van der Waals surface area contributed by atoms with Crippen molar-refractivity contribution in [1.29, 1.82) is 0 Å². The Hall–Kier alpha value is -0.545. The van der Waals surface area contributed by atoms with Crippen LogP contribution in [0.15, 0.2) is 0 Å². The maximum atomic E-state index is 11.8. The number of likely N-dealkylation sites (tertiary alicyclic amines) is 1. The molecule has 1 aliphatic rings. The second kappa shape index (κ2) is 4.32. The van der Waals surface area contributed by atoms with Gasteiger partial charge in [-0.15, -0.1) is 0 Å². The third-order valence-corrected chi connectivity index (χ3v) is 2.80. The van der Waals surface area contributed by atoms with Gasteiger partial charge in [0.15, 0.2) is 0 Å². The van der Waals surface area contributed by atoms with Gasteiger partial charge in [-0.05, 0) is 19.8 Å². The highest BCUT2D eigenvalue weighted by Crippen LogP contribution is 2.26. The fourth-order valence-corrected chi connectivity index (χ4v) is 1.99. The van der Waals surface area contributed by atoms with Crippen molar-refractivity contribution in [1.82, 2.24) is 4.90 Å². The number of carbonyl (C=O) groups is 1. The van der Waals surface area contributed by atoms with E-state index in [9.17, 15) is 4.79 Å². The first-order valence-electron chi connectivity index (χ1n) is 5.13. The summed E-state index contributed by atoms with van der Waals surface area (Å²) in [4.78, 5) is 13.4. The van der Waals surface area contributed by atoms with E-state index < -0.39 is 13.1 Å². The minimum absolute atomic E-state index is 0.00750. The van der Waals surface area contributed by atoms with Gasteiger partial charge < -0.3 is 14.9 Å². The summed E-state index contributed by atoms with van der Waals surface area (Å²) in [5.41, 5.74) is 0. The lowest BCUT2D eigenvalue weighted by atomic mass is 9.77. The Morgan fingerprint density at radius 1 is 1.43 bits per heavy atom. The maximum absolute atomic E-state index is 11.8. The molecule has 1 fully saturated rings. The van der Waals surface area contributed by atoms with Crippen molar-refractivity contribution >= 4 is 13.0 Å². The molecule has 0 aliphatic carbocycles. The van der Waals surface area contributed by atoms with E-state index in [0.29, 0.717) is 6.42 Å². The Kier molecular flexibility index (Phi) is 3.56. The number of nitrogens with zero attached hydrogens (tertiary/aromatic N) is 1. The predicted octanol–water partition coefficient (Wildman–Crippen LogP) is 0.0339. The van der Waals surface area contributed by atoms with E-state index in [1.54, 1.807) is 4.90 Å². The van der Waals surface area contributed by atoms with E-state index in [4.69, 9.17) is 10.0 Å². The number of hydrogen-bond donors (Lipinski definition) is 2. The van der Waals surface area contributed by atoms with Crippen LogP contribution in [0, 0.1) is 5.92 Å². The molecule has 1 aliphatic heterocycles. The van der Waals surface area contributed by atoms with Gasteiger partial charge >= 0.3 is 7.12 Å². The molecule has 2 unspecified atom stereocenters. The number of rotatable bonds is 2. The van der Waals surface area contributed by atoms with Crippen molar-refractivity contribution in [3.63, 3.8) is 0 Å². The van der Waals surface area contributed by atoms with Crippen molar-refractivity contribution in [2.24, 2.45) is 5.92 Å². The van der Waals surface area contributed by atoms with Gasteiger partial charge in [0.05, 0.1) is 5.94 Å². The van der Waals surface area contributed by atoms with Crippen LogP contribution in [0.4, 0.5) is 0 Å². The predicted molar refractivity (Wildman–Crippen MR) is 54.4 cm³/mol. The molecule has 0 radical (unpaired) electrons. The molecule has 2 N–H and O–H groups in total. The fraction of sp³-hybridized carbons (Fsp3) is 0.889. The van der Waals surface area contributed by atoms with Crippen LogP contribution in [-0.4, -0.2) is 40.0 Å². The summed E-state index contributed by atoms with van der Waals surface area (Å²) in [5, 5.41) is 18.3. The van der Waals surface area contributed by atoms with Gasteiger partial charge in [-0.2, -0.15) is 0 Å². The highest BCUT2D eigenvalue weighted by molar-refractivity contribution is 6.43. The smallest absolute Gasteiger partial charge is 0.426 e. The Morgan fingerprint density at radius 3 is 2.43 bits per heavy atom. The molecule has 0 aromatic rings. The Bertz CT molecular complexity index is 220. The van der Waals surface area contributed by atoms with E-state index in [2.05, 4.69) is 0 Å². The van der Waals surface area contributed by atoms with Crippen LogP contribution in [-0.2, 0) is 4.79 Å². The lowest BCUT2D eigenvalue weighted by Crippen LogP contribution is -2.49. The van der Waals surface area contributed by atoms with Crippen LogP contribution in [0.25, 0.3) is 0 Å². The van der Waals surface area contributed by atoms with E-state index in [-0.39, 0.29) is 17.9 Å². The fourth-order valence-electron chi connectivity index (χ4n) is 1.99. The third kappa shape index (κ3) is 2.09. The molecule has 1 rings (SSSR count). The van der Waals surface area contributed by atoms with Gasteiger partial charge in [0.25, 0.3) is 0 Å². The van der Waals surface area contributed by atoms with Crippen LogP contribution in [0.2, 0.25) is 0 Å². The first-order chi connectivity index (χ1) is 6.45. The van der Waals surface area contributed by atoms with E-state index in [1.807, 2.05) is 20.8 Å². The molecule has 0 aromatic carbocycles. The molecule has 1 heterocycles. The van der Waals surface area contributed by atoms with Crippen LogP contribution in [0.3, 0.4) is 0 Å². The molecule has 80 valence electrons. The molecular weight excluding hydrogens is 181 g/mol. The molecule has 2 atom stereocenters. The van der Waals surface area contributed by atoms with E-state index in [0.717, 1.165) is 6.42 Å². The molecule has 4 nitrogen and oxygen atoms in total. The van der Waals surface area contributed by atoms with E-state index >= 15 is 0 Å². The minimum Gasteiger partial charge on any atom is -0.426 e. The molecule has 0 spiro atoms. The first-order valence-corrected chi connectivity index (χ1v) is 5.13. The standard InChI is InChI=1S/C9H18BNO3/c1-6(2)9(12)11-7(3)4-5-8(11)10(13)14/h6-8,13-14H,4-5H2,1-3H3. The molecule has 0 saturated carbocycles. The summed E-state index contributed by atoms with van der Waals surface area (Å²) in [5.74, 6) is -0.496. The van der Waals surface area contributed by atoms with Gasteiger partial charge in [-0.3, -0.25) is 4.79 Å². The summed E-state index contributed by atoms with van der Waals surface area (Å²) < 4.78 is 0. The average molecular weight is 199 g/mol. The van der Waals surface area contributed by atoms with E-state index in [1.165, 1.54) is 0 Å². The average Bonchev–Trinajstić information content (AvgIpc) is 2.45. The molecule has 0 aromatic heterocycles. The quantitative estimate of drug-likeness (QED) is 0.617. The van der Waals surface area contributed by atoms with Crippen LogP contribution >= 0.6 is 0 Å². The molecule has 1 saturated heterocycles. The SMILES string of the molecule is CC(C)C(=O)N1C(C)CCC1B(O)O. The monoisotopic (exact) mass is 199 g/mol. The Morgan fingerprint density at radius 2 is 2.00 bits per heavy atom. The van der Waals surface area contributed by atoms with Crippen molar-refractivity contribution in [2.45, 2.75) is 45.6 Å². The van der Waals surface area contributed by atoms with Gasteiger partial charge in [-0.1, -0.05) is 13.8 Å². The Labute approximate surface area is 85.1 Å². The summed E-state index contributed by atoms with van der Waals surface area (Å²) >= 11 is 0. The maximum Gasteiger partial charge on any atom is 0.475 e. The zero-order chi connectivity index (χ0) is 10.9. The van der Waals surface area contributed by atoms with Crippen molar-refractivity contribution in [3.05, 3.63) is 0 Å². The van der Waals surface area contributed by atoms with Gasteiger partial charge in [0.1, 0.15) is 0 Å². The second-order valence-electron chi connectivity index (χ2n) is 4.31. The van der Waals surface area contributed by atoms with Crippen LogP contribution < -0.4 is 0 Å². The minimum atomic E-state index is -1.41. The first kappa shape index (κ1) is 11.5. The summed E-state index contributed by atoms with van der Waals surface area (Å²) in [6, 6.07) is 0.122. The molecule has 5 heteroatoms. The Balaban J connectivity index is 2.76. The molecular formula is C9H18BNO3. The summed E-state index contributed by atoms with van der Waals surface area (Å²) in [6.07, 6.45) is 1.53. The lowest BCUT2D eigenvalue weighted by Gasteiger charge is -2.29. The molecule has 14 heavy (non-hydrogen) atoms. The van der Waals surface area contributed by atoms with Crippen molar-refractivity contribution in [2.75, 3.05) is 0 Å². The third-order valence-electron chi connectivity index (χ3n) is 2.80. The van der Waals surface area contributed by atoms with Gasteiger partial charge in [0, 0.05) is 12.0 Å². The second-order valence-corrected chi connectivity index (χ2v) is 4.31. The number of carbonyl (C=O) groups excluding carboxylic acids is 1. The van der Waals surface area contributed by atoms with Gasteiger partial charge in [-0.25, -0.2) is 0 Å².